The standard InChI is InChI=1S/C25H44OS/c1-3-4-5-6-7-8-9-10-11-12-13-14-15-16-17-18-23-26-24-19-21-25(27-2)22-20-24/h19-22H,3-18,23H2,1-2H3. The van der Waals surface area contributed by atoms with Crippen molar-refractivity contribution in [1.82, 2.24) is 0 Å². The first-order valence-electron chi connectivity index (χ1n) is 11.6. The minimum atomic E-state index is 0.858. The maximum atomic E-state index is 5.82. The average molecular weight is 393 g/mol. The lowest BCUT2D eigenvalue weighted by Gasteiger charge is -2.07. The SMILES string of the molecule is CCCCCCCCCCCCCCCCCCOc1ccc(SC)cc1. The van der Waals surface area contributed by atoms with Crippen molar-refractivity contribution in [3.05, 3.63) is 24.3 Å². The molecule has 0 aliphatic carbocycles. The van der Waals surface area contributed by atoms with Crippen molar-refractivity contribution in [2.45, 2.75) is 115 Å². The van der Waals surface area contributed by atoms with E-state index >= 15 is 0 Å². The molecule has 1 rings (SSSR count). The monoisotopic (exact) mass is 392 g/mol. The molecule has 0 atom stereocenters. The Morgan fingerprint density at radius 1 is 0.593 bits per heavy atom. The summed E-state index contributed by atoms with van der Waals surface area (Å²) < 4.78 is 5.82. The van der Waals surface area contributed by atoms with Gasteiger partial charge in [-0.05, 0) is 36.9 Å². The fraction of sp³-hybridized carbons (Fsp3) is 0.760. The predicted molar refractivity (Wildman–Crippen MR) is 123 cm³/mol. The minimum absolute atomic E-state index is 0.858. The molecule has 1 nitrogen and oxygen atoms in total. The molecule has 0 heterocycles. The third kappa shape index (κ3) is 15.0. The van der Waals surface area contributed by atoms with E-state index in [-0.39, 0.29) is 0 Å². The summed E-state index contributed by atoms with van der Waals surface area (Å²) in [7, 11) is 0. The van der Waals surface area contributed by atoms with Crippen molar-refractivity contribution >= 4 is 11.8 Å². The topological polar surface area (TPSA) is 9.23 Å². The number of hydrogen-bond donors (Lipinski definition) is 0. The van der Waals surface area contributed by atoms with E-state index in [1.54, 1.807) is 11.8 Å². The summed E-state index contributed by atoms with van der Waals surface area (Å²) in [4.78, 5) is 1.30. The van der Waals surface area contributed by atoms with Crippen LogP contribution in [0.25, 0.3) is 0 Å². The van der Waals surface area contributed by atoms with Crippen molar-refractivity contribution < 1.29 is 4.74 Å². The largest absolute Gasteiger partial charge is 0.494 e. The highest BCUT2D eigenvalue weighted by Gasteiger charge is 1.97. The lowest BCUT2D eigenvalue weighted by Crippen LogP contribution is -1.97. The third-order valence-electron chi connectivity index (χ3n) is 5.33. The highest BCUT2D eigenvalue weighted by molar-refractivity contribution is 7.98. The summed E-state index contributed by atoms with van der Waals surface area (Å²) in [5.74, 6) is 1.01. The Kier molecular flexibility index (Phi) is 16.9. The molecule has 0 radical (unpaired) electrons. The number of rotatable bonds is 19. The molecular formula is C25H44OS. The van der Waals surface area contributed by atoms with Gasteiger partial charge in [-0.2, -0.15) is 0 Å². The summed E-state index contributed by atoms with van der Waals surface area (Å²) in [6, 6.07) is 8.43. The smallest absolute Gasteiger partial charge is 0.119 e. The molecule has 0 bridgehead atoms. The maximum Gasteiger partial charge on any atom is 0.119 e. The second kappa shape index (κ2) is 18.7. The molecule has 0 spiro atoms. The molecule has 0 saturated carbocycles. The van der Waals surface area contributed by atoms with Crippen molar-refractivity contribution in [1.29, 1.82) is 0 Å². The van der Waals surface area contributed by atoms with Gasteiger partial charge in [0.05, 0.1) is 6.61 Å². The first kappa shape index (κ1) is 24.4. The Morgan fingerprint density at radius 2 is 1.00 bits per heavy atom. The molecule has 156 valence electrons. The van der Waals surface area contributed by atoms with E-state index in [0.717, 1.165) is 12.4 Å². The van der Waals surface area contributed by atoms with Crippen LogP contribution in [0.5, 0.6) is 5.75 Å². The summed E-state index contributed by atoms with van der Waals surface area (Å²) in [5, 5.41) is 0. The highest BCUT2D eigenvalue weighted by atomic mass is 32.2. The van der Waals surface area contributed by atoms with E-state index in [9.17, 15) is 0 Å². The second-order valence-corrected chi connectivity index (χ2v) is 8.71. The zero-order valence-corrected chi connectivity index (χ0v) is 19.0. The first-order chi connectivity index (χ1) is 13.4. The Morgan fingerprint density at radius 3 is 1.41 bits per heavy atom. The van der Waals surface area contributed by atoms with Crippen LogP contribution in [0.4, 0.5) is 0 Å². The molecule has 27 heavy (non-hydrogen) atoms. The van der Waals surface area contributed by atoms with Crippen molar-refractivity contribution in [2.24, 2.45) is 0 Å². The van der Waals surface area contributed by atoms with E-state index < -0.39 is 0 Å². The van der Waals surface area contributed by atoms with E-state index in [2.05, 4.69) is 37.4 Å². The van der Waals surface area contributed by atoms with Gasteiger partial charge in [0, 0.05) is 4.90 Å². The van der Waals surface area contributed by atoms with Crippen LogP contribution in [0, 0.1) is 0 Å². The van der Waals surface area contributed by atoms with E-state index in [1.165, 1.54) is 108 Å². The van der Waals surface area contributed by atoms with Gasteiger partial charge < -0.3 is 4.74 Å². The Balaban J connectivity index is 1.75. The first-order valence-corrected chi connectivity index (χ1v) is 12.9. The number of thioether (sulfide) groups is 1. The van der Waals surface area contributed by atoms with E-state index in [4.69, 9.17) is 4.74 Å². The second-order valence-electron chi connectivity index (χ2n) is 7.83. The lowest BCUT2D eigenvalue weighted by molar-refractivity contribution is 0.304. The maximum absolute atomic E-state index is 5.82. The van der Waals surface area contributed by atoms with Gasteiger partial charge >= 0.3 is 0 Å². The number of benzene rings is 1. The van der Waals surface area contributed by atoms with Crippen molar-refractivity contribution in [3.63, 3.8) is 0 Å². The normalized spacial score (nSPS) is 11.0. The molecule has 0 aromatic heterocycles. The van der Waals surface area contributed by atoms with Gasteiger partial charge in [-0.3, -0.25) is 0 Å². The molecule has 2 heteroatoms. The van der Waals surface area contributed by atoms with Crippen molar-refractivity contribution in [2.75, 3.05) is 12.9 Å². The summed E-state index contributed by atoms with van der Waals surface area (Å²) in [6.45, 7) is 3.15. The van der Waals surface area contributed by atoms with E-state index in [1.807, 2.05) is 0 Å². The predicted octanol–water partition coefficient (Wildman–Crippen LogP) is 9.05. The number of unbranched alkanes of at least 4 members (excludes halogenated alkanes) is 15. The number of hydrogen-bond acceptors (Lipinski definition) is 2. The van der Waals surface area contributed by atoms with Gasteiger partial charge in [0.25, 0.3) is 0 Å². The van der Waals surface area contributed by atoms with Crippen molar-refractivity contribution in [3.8, 4) is 5.75 Å². The number of ether oxygens (including phenoxy) is 1. The zero-order chi connectivity index (χ0) is 19.4. The summed E-state index contributed by atoms with van der Waals surface area (Å²) in [6.07, 6.45) is 24.7. The lowest BCUT2D eigenvalue weighted by atomic mass is 10.0. The van der Waals surface area contributed by atoms with Gasteiger partial charge in [-0.1, -0.05) is 103 Å². The zero-order valence-electron chi connectivity index (χ0n) is 18.1. The molecule has 0 N–H and O–H groups in total. The molecule has 0 aliphatic rings. The molecule has 1 aromatic carbocycles. The molecular weight excluding hydrogens is 348 g/mol. The Hall–Kier alpha value is -0.630. The Bertz CT molecular complexity index is 415. The quantitative estimate of drug-likeness (QED) is 0.171. The summed E-state index contributed by atoms with van der Waals surface area (Å²) >= 11 is 1.77. The van der Waals surface area contributed by atoms with Crippen LogP contribution in [-0.4, -0.2) is 12.9 Å². The Labute approximate surface area is 174 Å². The summed E-state index contributed by atoms with van der Waals surface area (Å²) in [5.41, 5.74) is 0. The minimum Gasteiger partial charge on any atom is -0.494 e. The fourth-order valence-electron chi connectivity index (χ4n) is 3.51. The molecule has 0 unspecified atom stereocenters. The van der Waals surface area contributed by atoms with Crippen LogP contribution in [0.15, 0.2) is 29.2 Å². The van der Waals surface area contributed by atoms with Gasteiger partial charge in [0.1, 0.15) is 5.75 Å². The van der Waals surface area contributed by atoms with Crippen LogP contribution < -0.4 is 4.74 Å². The fourth-order valence-corrected chi connectivity index (χ4v) is 3.92. The van der Waals surface area contributed by atoms with Crippen LogP contribution in [0.1, 0.15) is 110 Å². The third-order valence-corrected chi connectivity index (χ3v) is 6.07. The molecule has 0 amide bonds. The van der Waals surface area contributed by atoms with Gasteiger partial charge in [-0.15, -0.1) is 11.8 Å². The van der Waals surface area contributed by atoms with Crippen LogP contribution in [0.2, 0.25) is 0 Å². The van der Waals surface area contributed by atoms with Gasteiger partial charge in [-0.25, -0.2) is 0 Å². The molecule has 0 fully saturated rings. The van der Waals surface area contributed by atoms with Gasteiger partial charge in [0.15, 0.2) is 0 Å². The molecule has 1 aromatic rings. The van der Waals surface area contributed by atoms with Crippen LogP contribution in [-0.2, 0) is 0 Å². The molecule has 0 saturated heterocycles. The highest BCUT2D eigenvalue weighted by Crippen LogP contribution is 2.19. The average Bonchev–Trinajstić information content (AvgIpc) is 2.70. The van der Waals surface area contributed by atoms with Crippen LogP contribution >= 0.6 is 11.8 Å². The van der Waals surface area contributed by atoms with Crippen LogP contribution in [0.3, 0.4) is 0 Å². The molecule has 0 aliphatic heterocycles. The van der Waals surface area contributed by atoms with E-state index in [0.29, 0.717) is 0 Å². The van der Waals surface area contributed by atoms with Gasteiger partial charge in [0.2, 0.25) is 0 Å².